The molecule has 0 spiro atoms. The number of anilines is 1. The van der Waals surface area contributed by atoms with Gasteiger partial charge in [-0.2, -0.15) is 0 Å². The number of amides is 1. The smallest absolute Gasteiger partial charge is 0.237 e. The number of nitrogens with two attached hydrogens (primary N) is 1. The first-order valence-corrected chi connectivity index (χ1v) is 6.38. The van der Waals surface area contributed by atoms with Gasteiger partial charge in [0, 0.05) is 6.20 Å². The normalized spacial score (nSPS) is 26.2. The first-order chi connectivity index (χ1) is 8.44. The van der Waals surface area contributed by atoms with Crippen LogP contribution in [0.4, 0.5) is 5.69 Å². The van der Waals surface area contributed by atoms with E-state index in [-0.39, 0.29) is 5.91 Å². The summed E-state index contributed by atoms with van der Waals surface area (Å²) >= 11 is 5.05. The molecule has 1 fully saturated rings. The molecule has 96 valence electrons. The van der Waals surface area contributed by atoms with Crippen molar-refractivity contribution in [2.24, 2.45) is 17.1 Å². The number of aryl methyl sites for hydroxylation is 1. The summed E-state index contributed by atoms with van der Waals surface area (Å²) in [5, 5.41) is 2.86. The minimum Gasteiger partial charge on any atom is -0.392 e. The minimum absolute atomic E-state index is 0.111. The van der Waals surface area contributed by atoms with Gasteiger partial charge in [0.05, 0.1) is 22.3 Å². The first kappa shape index (κ1) is 13.0. The van der Waals surface area contributed by atoms with Crippen molar-refractivity contribution in [1.29, 1.82) is 0 Å². The van der Waals surface area contributed by atoms with Crippen LogP contribution in [0.25, 0.3) is 0 Å². The fourth-order valence-electron chi connectivity index (χ4n) is 2.50. The molecule has 1 aliphatic rings. The lowest BCUT2D eigenvalue weighted by Crippen LogP contribution is -2.53. The Kier molecular flexibility index (Phi) is 3.34. The van der Waals surface area contributed by atoms with E-state index >= 15 is 0 Å². The Bertz CT molecular complexity index is 495. The third-order valence-electron chi connectivity index (χ3n) is 3.43. The molecule has 3 N–H and O–H groups in total. The number of thiocarbonyl (C=S) groups is 1. The van der Waals surface area contributed by atoms with E-state index in [1.54, 1.807) is 12.4 Å². The molecule has 0 aromatic carbocycles. The number of carbonyl (C=O) groups excluding carboxylic acids is 1. The van der Waals surface area contributed by atoms with E-state index in [1.807, 2.05) is 13.0 Å². The van der Waals surface area contributed by atoms with Crippen LogP contribution in [0.1, 0.15) is 25.3 Å². The van der Waals surface area contributed by atoms with Crippen LogP contribution in [0.15, 0.2) is 18.5 Å². The Labute approximate surface area is 112 Å². The molecule has 1 aromatic rings. The molecule has 0 atom stereocenters. The Balaban J connectivity index is 2.14. The van der Waals surface area contributed by atoms with Gasteiger partial charge in [0.25, 0.3) is 0 Å². The first-order valence-electron chi connectivity index (χ1n) is 5.97. The van der Waals surface area contributed by atoms with Gasteiger partial charge in [-0.25, -0.2) is 0 Å². The zero-order valence-electron chi connectivity index (χ0n) is 10.6. The Morgan fingerprint density at radius 1 is 1.56 bits per heavy atom. The molecular weight excluding hydrogens is 246 g/mol. The quantitative estimate of drug-likeness (QED) is 0.819. The summed E-state index contributed by atoms with van der Waals surface area (Å²) in [4.78, 5) is 16.6. The lowest BCUT2D eigenvalue weighted by molar-refractivity contribution is -0.127. The van der Waals surface area contributed by atoms with E-state index in [4.69, 9.17) is 18.0 Å². The molecule has 2 rings (SSSR count). The van der Waals surface area contributed by atoms with Gasteiger partial charge in [-0.15, -0.1) is 0 Å². The second-order valence-electron chi connectivity index (χ2n) is 5.16. The predicted octanol–water partition coefficient (Wildman–Crippen LogP) is 2.03. The standard InChI is InChI=1S/C13H17N3OS/c1-8-3-10(7-15-6-8)16-12(17)13(11(14)18)4-9(2)5-13/h3,6-7,9H,4-5H2,1-2H3,(H2,14,18)(H,16,17). The fourth-order valence-corrected chi connectivity index (χ4v) is 2.76. The van der Waals surface area contributed by atoms with Crippen molar-refractivity contribution in [3.8, 4) is 0 Å². The Morgan fingerprint density at radius 3 is 2.72 bits per heavy atom. The molecule has 0 radical (unpaired) electrons. The summed E-state index contributed by atoms with van der Waals surface area (Å²) in [6.07, 6.45) is 4.82. The zero-order valence-corrected chi connectivity index (χ0v) is 11.4. The summed E-state index contributed by atoms with van der Waals surface area (Å²) in [5.41, 5.74) is 6.76. The number of nitrogens with zero attached hydrogens (tertiary/aromatic N) is 1. The number of pyridine rings is 1. The van der Waals surface area contributed by atoms with E-state index in [2.05, 4.69) is 17.2 Å². The maximum Gasteiger partial charge on any atom is 0.237 e. The average molecular weight is 263 g/mol. The van der Waals surface area contributed by atoms with Crippen molar-refractivity contribution in [3.63, 3.8) is 0 Å². The van der Waals surface area contributed by atoms with Crippen LogP contribution in [-0.4, -0.2) is 15.9 Å². The summed E-state index contributed by atoms with van der Waals surface area (Å²) in [7, 11) is 0. The topological polar surface area (TPSA) is 68.0 Å². The molecule has 0 unspecified atom stereocenters. The number of carbonyl (C=O) groups is 1. The molecular formula is C13H17N3OS. The van der Waals surface area contributed by atoms with E-state index in [1.165, 1.54) is 0 Å². The van der Waals surface area contributed by atoms with E-state index in [0.717, 1.165) is 18.4 Å². The highest BCUT2D eigenvalue weighted by Gasteiger charge is 2.50. The van der Waals surface area contributed by atoms with E-state index in [9.17, 15) is 4.79 Å². The summed E-state index contributed by atoms with van der Waals surface area (Å²) in [5.74, 6) is 0.383. The Morgan fingerprint density at radius 2 is 2.22 bits per heavy atom. The van der Waals surface area contributed by atoms with Crippen LogP contribution in [0.5, 0.6) is 0 Å². The third-order valence-corrected chi connectivity index (χ3v) is 3.82. The largest absolute Gasteiger partial charge is 0.392 e. The number of hydrogen-bond acceptors (Lipinski definition) is 3. The minimum atomic E-state index is -0.668. The molecule has 0 bridgehead atoms. The third kappa shape index (κ3) is 2.22. The lowest BCUT2D eigenvalue weighted by Gasteiger charge is -2.44. The van der Waals surface area contributed by atoms with Gasteiger partial charge in [0.1, 0.15) is 0 Å². The lowest BCUT2D eigenvalue weighted by atomic mass is 9.62. The Hall–Kier alpha value is -1.49. The molecule has 18 heavy (non-hydrogen) atoms. The van der Waals surface area contributed by atoms with Crippen molar-refractivity contribution >= 4 is 28.8 Å². The highest BCUT2D eigenvalue weighted by Crippen LogP contribution is 2.46. The summed E-state index contributed by atoms with van der Waals surface area (Å²) < 4.78 is 0. The second kappa shape index (κ2) is 4.65. The molecule has 1 saturated carbocycles. The van der Waals surface area contributed by atoms with Gasteiger partial charge < -0.3 is 11.1 Å². The highest BCUT2D eigenvalue weighted by molar-refractivity contribution is 7.80. The number of nitrogens with one attached hydrogen (secondary N) is 1. The van der Waals surface area contributed by atoms with Crippen LogP contribution in [0.3, 0.4) is 0 Å². The monoisotopic (exact) mass is 263 g/mol. The molecule has 4 nitrogen and oxygen atoms in total. The van der Waals surface area contributed by atoms with Crippen LogP contribution < -0.4 is 11.1 Å². The predicted molar refractivity (Wildman–Crippen MR) is 75.2 cm³/mol. The van der Waals surface area contributed by atoms with Gasteiger partial charge in [-0.3, -0.25) is 9.78 Å². The SMILES string of the molecule is Cc1cncc(NC(=O)C2(C(N)=S)CC(C)C2)c1. The molecule has 5 heteroatoms. The van der Waals surface area contributed by atoms with Crippen molar-refractivity contribution in [2.75, 3.05) is 5.32 Å². The zero-order chi connectivity index (χ0) is 13.3. The molecule has 1 aromatic heterocycles. The van der Waals surface area contributed by atoms with Crippen molar-refractivity contribution in [1.82, 2.24) is 4.98 Å². The number of aromatic nitrogens is 1. The van der Waals surface area contributed by atoms with Gasteiger partial charge in [-0.1, -0.05) is 19.1 Å². The second-order valence-corrected chi connectivity index (χ2v) is 5.60. The number of rotatable bonds is 3. The highest BCUT2D eigenvalue weighted by atomic mass is 32.1. The van der Waals surface area contributed by atoms with Gasteiger partial charge in [0.2, 0.25) is 5.91 Å². The van der Waals surface area contributed by atoms with Gasteiger partial charge >= 0.3 is 0 Å². The van der Waals surface area contributed by atoms with Crippen LogP contribution in [0.2, 0.25) is 0 Å². The van der Waals surface area contributed by atoms with Crippen molar-refractivity contribution < 1.29 is 4.79 Å². The average Bonchev–Trinajstić information content (AvgIpc) is 2.23. The van der Waals surface area contributed by atoms with E-state index in [0.29, 0.717) is 16.6 Å². The maximum absolute atomic E-state index is 12.3. The van der Waals surface area contributed by atoms with Crippen LogP contribution >= 0.6 is 12.2 Å². The fraction of sp³-hybridized carbons (Fsp3) is 0.462. The van der Waals surface area contributed by atoms with Crippen molar-refractivity contribution in [3.05, 3.63) is 24.0 Å². The molecule has 0 saturated heterocycles. The van der Waals surface area contributed by atoms with Crippen molar-refractivity contribution in [2.45, 2.75) is 26.7 Å². The molecule has 0 aliphatic heterocycles. The van der Waals surface area contributed by atoms with E-state index < -0.39 is 5.41 Å². The summed E-state index contributed by atoms with van der Waals surface area (Å²) in [6, 6.07) is 1.88. The molecule has 1 amide bonds. The van der Waals surface area contributed by atoms with Gasteiger partial charge in [0.15, 0.2) is 0 Å². The summed E-state index contributed by atoms with van der Waals surface area (Å²) in [6.45, 7) is 4.02. The number of hydrogen-bond donors (Lipinski definition) is 2. The van der Waals surface area contributed by atoms with Gasteiger partial charge in [-0.05, 0) is 37.3 Å². The van der Waals surface area contributed by atoms with Crippen LogP contribution in [-0.2, 0) is 4.79 Å². The van der Waals surface area contributed by atoms with Crippen LogP contribution in [0, 0.1) is 18.3 Å². The maximum atomic E-state index is 12.3. The molecule has 1 heterocycles. The molecule has 1 aliphatic carbocycles.